The summed E-state index contributed by atoms with van der Waals surface area (Å²) in [5.74, 6) is 0.0758. The molecule has 0 spiro atoms. The van der Waals surface area contributed by atoms with Crippen LogP contribution in [0.4, 0.5) is 0 Å². The van der Waals surface area contributed by atoms with Crippen molar-refractivity contribution in [2.24, 2.45) is 7.05 Å². The van der Waals surface area contributed by atoms with Gasteiger partial charge in [0, 0.05) is 26.0 Å². The van der Waals surface area contributed by atoms with Gasteiger partial charge in [-0.3, -0.25) is 14.5 Å². The maximum absolute atomic E-state index is 13.0. The molecule has 5 heteroatoms. The van der Waals surface area contributed by atoms with E-state index >= 15 is 0 Å². The summed E-state index contributed by atoms with van der Waals surface area (Å²) in [4.78, 5) is 19.1. The minimum atomic E-state index is 0.0758. The van der Waals surface area contributed by atoms with E-state index in [4.69, 9.17) is 0 Å². The standard InChI is InChI=1S/C17H22N4O/c1-13-12-16(20(2)19-13)17(22)21-11-5-3-4-6-15(21)14-7-9-18-10-8-14/h7-10,12,15H,3-6,11H2,1-2H3/t15-/m0/s1. The Kier molecular flexibility index (Phi) is 4.22. The number of hydrogen-bond acceptors (Lipinski definition) is 3. The molecule has 0 aliphatic carbocycles. The van der Waals surface area contributed by atoms with Crippen molar-refractivity contribution < 1.29 is 4.79 Å². The Morgan fingerprint density at radius 1 is 1.23 bits per heavy atom. The fourth-order valence-corrected chi connectivity index (χ4v) is 3.24. The number of nitrogens with zero attached hydrogens (tertiary/aromatic N) is 4. The molecular weight excluding hydrogens is 276 g/mol. The van der Waals surface area contributed by atoms with Crippen molar-refractivity contribution in [2.75, 3.05) is 6.54 Å². The topological polar surface area (TPSA) is 51.0 Å². The van der Waals surface area contributed by atoms with E-state index in [-0.39, 0.29) is 11.9 Å². The van der Waals surface area contributed by atoms with Crippen LogP contribution >= 0.6 is 0 Å². The van der Waals surface area contributed by atoms with E-state index < -0.39 is 0 Å². The lowest BCUT2D eigenvalue weighted by molar-refractivity contribution is 0.0669. The second kappa shape index (κ2) is 6.30. The lowest BCUT2D eigenvalue weighted by Gasteiger charge is -2.30. The summed E-state index contributed by atoms with van der Waals surface area (Å²) in [7, 11) is 1.83. The molecule has 0 radical (unpaired) electrons. The number of carbonyl (C=O) groups excluding carboxylic acids is 1. The van der Waals surface area contributed by atoms with Crippen LogP contribution in [-0.2, 0) is 7.05 Å². The Morgan fingerprint density at radius 2 is 2.00 bits per heavy atom. The lowest BCUT2D eigenvalue weighted by Crippen LogP contribution is -2.35. The first kappa shape index (κ1) is 14.8. The Bertz CT molecular complexity index is 650. The van der Waals surface area contributed by atoms with E-state index in [0.717, 1.165) is 31.5 Å². The molecule has 5 nitrogen and oxygen atoms in total. The number of likely N-dealkylation sites (tertiary alicyclic amines) is 1. The fraction of sp³-hybridized carbons (Fsp3) is 0.471. The normalized spacial score (nSPS) is 19.0. The van der Waals surface area contributed by atoms with Crippen LogP contribution < -0.4 is 0 Å². The van der Waals surface area contributed by atoms with Gasteiger partial charge in [0.05, 0.1) is 11.7 Å². The molecule has 1 aliphatic heterocycles. The summed E-state index contributed by atoms with van der Waals surface area (Å²) < 4.78 is 1.69. The Balaban J connectivity index is 1.94. The van der Waals surface area contributed by atoms with Gasteiger partial charge >= 0.3 is 0 Å². The number of aromatic nitrogens is 3. The predicted octanol–water partition coefficient (Wildman–Crippen LogP) is 2.88. The van der Waals surface area contributed by atoms with Crippen LogP contribution in [0.15, 0.2) is 30.6 Å². The Hall–Kier alpha value is -2.17. The molecule has 2 aromatic rings. The van der Waals surface area contributed by atoms with E-state index in [1.54, 1.807) is 17.1 Å². The molecule has 1 atom stereocenters. The van der Waals surface area contributed by atoms with Gasteiger partial charge in [0.15, 0.2) is 0 Å². The third-order valence-electron chi connectivity index (χ3n) is 4.33. The third kappa shape index (κ3) is 2.89. The van der Waals surface area contributed by atoms with Crippen molar-refractivity contribution in [3.8, 4) is 0 Å². The summed E-state index contributed by atoms with van der Waals surface area (Å²) in [6.45, 7) is 2.72. The average Bonchev–Trinajstić information content (AvgIpc) is 2.74. The molecule has 2 aromatic heterocycles. The molecule has 22 heavy (non-hydrogen) atoms. The fourth-order valence-electron chi connectivity index (χ4n) is 3.24. The number of hydrogen-bond donors (Lipinski definition) is 0. The summed E-state index contributed by atoms with van der Waals surface area (Å²) in [6.07, 6.45) is 8.00. The highest BCUT2D eigenvalue weighted by atomic mass is 16.2. The molecule has 1 aliphatic rings. The molecule has 3 rings (SSSR count). The maximum Gasteiger partial charge on any atom is 0.272 e. The molecule has 0 unspecified atom stereocenters. The smallest absolute Gasteiger partial charge is 0.272 e. The van der Waals surface area contributed by atoms with Gasteiger partial charge in [-0.2, -0.15) is 5.10 Å². The van der Waals surface area contributed by atoms with Gasteiger partial charge in [0.25, 0.3) is 5.91 Å². The molecule has 0 N–H and O–H groups in total. The highest BCUT2D eigenvalue weighted by Gasteiger charge is 2.29. The van der Waals surface area contributed by atoms with Gasteiger partial charge in [-0.25, -0.2) is 0 Å². The number of pyridine rings is 1. The number of carbonyl (C=O) groups is 1. The monoisotopic (exact) mass is 298 g/mol. The highest BCUT2D eigenvalue weighted by Crippen LogP contribution is 2.31. The zero-order valence-corrected chi connectivity index (χ0v) is 13.2. The van der Waals surface area contributed by atoms with Crippen molar-refractivity contribution in [1.29, 1.82) is 0 Å². The van der Waals surface area contributed by atoms with E-state index in [0.29, 0.717) is 5.69 Å². The average molecular weight is 298 g/mol. The molecule has 0 saturated carbocycles. The van der Waals surface area contributed by atoms with Crippen LogP contribution in [0, 0.1) is 6.92 Å². The van der Waals surface area contributed by atoms with E-state index in [1.165, 1.54) is 12.0 Å². The minimum absolute atomic E-state index is 0.0758. The summed E-state index contributed by atoms with van der Waals surface area (Å²) in [5, 5.41) is 4.31. The van der Waals surface area contributed by atoms with Gasteiger partial charge in [-0.1, -0.05) is 12.8 Å². The van der Waals surface area contributed by atoms with Crippen molar-refractivity contribution in [1.82, 2.24) is 19.7 Å². The first-order chi connectivity index (χ1) is 10.7. The second-order valence-corrected chi connectivity index (χ2v) is 5.94. The number of aryl methyl sites for hydroxylation is 2. The molecule has 0 bridgehead atoms. The van der Waals surface area contributed by atoms with Crippen LogP contribution in [-0.4, -0.2) is 32.1 Å². The number of amides is 1. The van der Waals surface area contributed by atoms with Crippen molar-refractivity contribution in [3.05, 3.63) is 47.5 Å². The lowest BCUT2D eigenvalue weighted by atomic mass is 10.0. The van der Waals surface area contributed by atoms with Gasteiger partial charge in [0.1, 0.15) is 5.69 Å². The SMILES string of the molecule is Cc1cc(C(=O)N2CCCCC[C@H]2c2ccncc2)n(C)n1. The molecule has 3 heterocycles. The van der Waals surface area contributed by atoms with Crippen molar-refractivity contribution in [2.45, 2.75) is 38.6 Å². The second-order valence-electron chi connectivity index (χ2n) is 5.94. The van der Waals surface area contributed by atoms with Crippen molar-refractivity contribution in [3.63, 3.8) is 0 Å². The van der Waals surface area contributed by atoms with Gasteiger partial charge < -0.3 is 4.90 Å². The first-order valence-electron chi connectivity index (χ1n) is 7.88. The van der Waals surface area contributed by atoms with Crippen LogP contribution in [0.3, 0.4) is 0 Å². The summed E-state index contributed by atoms with van der Waals surface area (Å²) in [5.41, 5.74) is 2.71. The Labute approximate surface area is 131 Å². The van der Waals surface area contributed by atoms with Crippen LogP contribution in [0.25, 0.3) is 0 Å². The molecule has 1 fully saturated rings. The molecule has 0 aromatic carbocycles. The maximum atomic E-state index is 13.0. The molecule has 116 valence electrons. The van der Waals surface area contributed by atoms with E-state index in [2.05, 4.69) is 10.1 Å². The Morgan fingerprint density at radius 3 is 2.68 bits per heavy atom. The predicted molar refractivity (Wildman–Crippen MR) is 84.4 cm³/mol. The zero-order chi connectivity index (χ0) is 15.5. The van der Waals surface area contributed by atoms with Crippen molar-refractivity contribution >= 4 is 5.91 Å². The van der Waals surface area contributed by atoms with Gasteiger partial charge in [-0.05, 0) is 43.5 Å². The molecule has 1 saturated heterocycles. The van der Waals surface area contributed by atoms with E-state index in [9.17, 15) is 4.79 Å². The van der Waals surface area contributed by atoms with Crippen LogP contribution in [0.1, 0.15) is 53.5 Å². The molecule has 1 amide bonds. The zero-order valence-electron chi connectivity index (χ0n) is 13.2. The summed E-state index contributed by atoms with van der Waals surface area (Å²) in [6, 6.07) is 6.04. The first-order valence-corrected chi connectivity index (χ1v) is 7.88. The highest BCUT2D eigenvalue weighted by molar-refractivity contribution is 5.93. The van der Waals surface area contributed by atoms with Gasteiger partial charge in [-0.15, -0.1) is 0 Å². The number of rotatable bonds is 2. The quantitative estimate of drug-likeness (QED) is 0.856. The van der Waals surface area contributed by atoms with Crippen LogP contribution in [0.2, 0.25) is 0 Å². The van der Waals surface area contributed by atoms with Crippen LogP contribution in [0.5, 0.6) is 0 Å². The largest absolute Gasteiger partial charge is 0.330 e. The summed E-state index contributed by atoms with van der Waals surface area (Å²) >= 11 is 0. The third-order valence-corrected chi connectivity index (χ3v) is 4.33. The van der Waals surface area contributed by atoms with Gasteiger partial charge in [0.2, 0.25) is 0 Å². The molecular formula is C17H22N4O. The van der Waals surface area contributed by atoms with E-state index in [1.807, 2.05) is 37.1 Å². The minimum Gasteiger partial charge on any atom is -0.330 e.